The lowest BCUT2D eigenvalue weighted by Crippen LogP contribution is -2.28. The molecule has 2 aromatic rings. The van der Waals surface area contributed by atoms with Gasteiger partial charge in [0, 0.05) is 36.2 Å². The Morgan fingerprint density at radius 2 is 2.08 bits per heavy atom. The zero-order chi connectivity index (χ0) is 17.1. The SMILES string of the molecule is O[C@H]1CC[C@H](Nc2ncc3ccc(OCC4CCOC4)cc3n2)CC1. The van der Waals surface area contributed by atoms with Crippen LogP contribution in [0.4, 0.5) is 5.95 Å². The third-order valence-corrected chi connectivity index (χ3v) is 5.09. The highest BCUT2D eigenvalue weighted by molar-refractivity contribution is 5.80. The number of aromatic nitrogens is 2. The summed E-state index contributed by atoms with van der Waals surface area (Å²) in [7, 11) is 0. The minimum absolute atomic E-state index is 0.152. The van der Waals surface area contributed by atoms with Gasteiger partial charge in [-0.1, -0.05) is 0 Å². The fourth-order valence-corrected chi connectivity index (χ4v) is 3.49. The predicted molar refractivity (Wildman–Crippen MR) is 95.8 cm³/mol. The van der Waals surface area contributed by atoms with Gasteiger partial charge < -0.3 is 19.9 Å². The first kappa shape index (κ1) is 16.5. The fraction of sp³-hybridized carbons (Fsp3) is 0.579. The number of aliphatic hydroxyl groups is 1. The van der Waals surface area contributed by atoms with Crippen molar-refractivity contribution in [3.05, 3.63) is 24.4 Å². The van der Waals surface area contributed by atoms with Gasteiger partial charge in [-0.05, 0) is 44.2 Å². The first-order valence-corrected chi connectivity index (χ1v) is 9.18. The average Bonchev–Trinajstić information content (AvgIpc) is 3.15. The van der Waals surface area contributed by atoms with Crippen molar-refractivity contribution in [3.8, 4) is 5.75 Å². The summed E-state index contributed by atoms with van der Waals surface area (Å²) in [4.78, 5) is 9.06. The summed E-state index contributed by atoms with van der Waals surface area (Å²) in [6, 6.07) is 6.28. The molecule has 1 atom stereocenters. The van der Waals surface area contributed by atoms with Crippen LogP contribution in [-0.2, 0) is 4.74 Å². The van der Waals surface area contributed by atoms with Crippen molar-refractivity contribution >= 4 is 16.9 Å². The second-order valence-corrected chi connectivity index (χ2v) is 7.10. The van der Waals surface area contributed by atoms with Gasteiger partial charge in [0.2, 0.25) is 5.95 Å². The number of aliphatic hydroxyl groups excluding tert-OH is 1. The number of hydrogen-bond donors (Lipinski definition) is 2. The maximum absolute atomic E-state index is 9.61. The molecule has 2 N–H and O–H groups in total. The molecule has 2 aliphatic rings. The average molecular weight is 343 g/mol. The molecule has 4 rings (SSSR count). The van der Waals surface area contributed by atoms with E-state index in [9.17, 15) is 5.11 Å². The van der Waals surface area contributed by atoms with Gasteiger partial charge in [0.05, 0.1) is 24.8 Å². The Labute approximate surface area is 147 Å². The predicted octanol–water partition coefficient (Wildman–Crippen LogP) is 2.76. The van der Waals surface area contributed by atoms with Crippen LogP contribution in [0.15, 0.2) is 24.4 Å². The number of benzene rings is 1. The highest BCUT2D eigenvalue weighted by atomic mass is 16.5. The lowest BCUT2D eigenvalue weighted by atomic mass is 9.93. The van der Waals surface area contributed by atoms with Crippen molar-refractivity contribution in [1.82, 2.24) is 9.97 Å². The summed E-state index contributed by atoms with van der Waals surface area (Å²) in [6.45, 7) is 2.32. The summed E-state index contributed by atoms with van der Waals surface area (Å²) < 4.78 is 11.3. The number of hydrogen-bond acceptors (Lipinski definition) is 6. The van der Waals surface area contributed by atoms with Gasteiger partial charge in [0.1, 0.15) is 5.75 Å². The van der Waals surface area contributed by atoms with Crippen molar-refractivity contribution < 1.29 is 14.6 Å². The van der Waals surface area contributed by atoms with E-state index < -0.39 is 0 Å². The minimum Gasteiger partial charge on any atom is -0.493 e. The molecular weight excluding hydrogens is 318 g/mol. The topological polar surface area (TPSA) is 76.5 Å². The summed E-state index contributed by atoms with van der Waals surface area (Å²) in [5.41, 5.74) is 0.883. The van der Waals surface area contributed by atoms with Gasteiger partial charge in [-0.25, -0.2) is 9.97 Å². The number of fused-ring (bicyclic) bond motifs is 1. The van der Waals surface area contributed by atoms with Crippen molar-refractivity contribution in [2.24, 2.45) is 5.92 Å². The van der Waals surface area contributed by atoms with Gasteiger partial charge in [-0.15, -0.1) is 0 Å². The largest absolute Gasteiger partial charge is 0.493 e. The van der Waals surface area contributed by atoms with Gasteiger partial charge in [0.25, 0.3) is 0 Å². The van der Waals surface area contributed by atoms with Crippen molar-refractivity contribution in [2.75, 3.05) is 25.1 Å². The van der Waals surface area contributed by atoms with E-state index in [2.05, 4.69) is 15.3 Å². The van der Waals surface area contributed by atoms with Gasteiger partial charge >= 0.3 is 0 Å². The summed E-state index contributed by atoms with van der Waals surface area (Å²) >= 11 is 0. The molecule has 1 unspecified atom stereocenters. The third-order valence-electron chi connectivity index (χ3n) is 5.09. The number of nitrogens with one attached hydrogen (secondary N) is 1. The molecule has 1 aromatic carbocycles. The van der Waals surface area contributed by atoms with Crippen LogP contribution in [0.2, 0.25) is 0 Å². The molecule has 0 amide bonds. The maximum Gasteiger partial charge on any atom is 0.223 e. The third kappa shape index (κ3) is 4.19. The summed E-state index contributed by atoms with van der Waals surface area (Å²) in [6.07, 6.45) is 6.35. The van der Waals surface area contributed by atoms with Crippen LogP contribution in [-0.4, -0.2) is 47.0 Å². The first-order chi connectivity index (χ1) is 12.3. The normalized spacial score (nSPS) is 26.7. The Hall–Kier alpha value is -1.92. The molecule has 6 nitrogen and oxygen atoms in total. The van der Waals surface area contributed by atoms with Gasteiger partial charge in [-0.3, -0.25) is 0 Å². The van der Waals surface area contributed by atoms with Crippen molar-refractivity contribution in [2.45, 2.75) is 44.2 Å². The second kappa shape index (κ2) is 7.54. The second-order valence-electron chi connectivity index (χ2n) is 7.10. The lowest BCUT2D eigenvalue weighted by molar-refractivity contribution is 0.126. The highest BCUT2D eigenvalue weighted by Gasteiger charge is 2.20. The van der Waals surface area contributed by atoms with Crippen LogP contribution in [0.5, 0.6) is 5.75 Å². The van der Waals surface area contributed by atoms with E-state index in [0.717, 1.165) is 62.0 Å². The number of anilines is 1. The molecule has 2 heterocycles. The molecule has 0 spiro atoms. The van der Waals surface area contributed by atoms with Crippen molar-refractivity contribution in [3.63, 3.8) is 0 Å². The van der Waals surface area contributed by atoms with E-state index in [1.165, 1.54) is 0 Å². The van der Waals surface area contributed by atoms with Crippen LogP contribution in [0, 0.1) is 5.92 Å². The molecule has 0 radical (unpaired) electrons. The minimum atomic E-state index is -0.152. The Morgan fingerprint density at radius 3 is 2.88 bits per heavy atom. The molecule has 6 heteroatoms. The zero-order valence-corrected chi connectivity index (χ0v) is 14.4. The molecule has 1 aromatic heterocycles. The number of nitrogens with zero attached hydrogens (tertiary/aromatic N) is 2. The molecule has 1 saturated heterocycles. The van der Waals surface area contributed by atoms with Crippen molar-refractivity contribution in [1.29, 1.82) is 0 Å². The lowest BCUT2D eigenvalue weighted by Gasteiger charge is -2.26. The van der Waals surface area contributed by atoms with E-state index in [1.807, 2.05) is 24.4 Å². The van der Waals surface area contributed by atoms with Crippen LogP contribution in [0.3, 0.4) is 0 Å². The van der Waals surface area contributed by atoms with E-state index in [0.29, 0.717) is 24.5 Å². The van der Waals surface area contributed by atoms with Crippen LogP contribution < -0.4 is 10.1 Å². The van der Waals surface area contributed by atoms with E-state index in [1.54, 1.807) is 0 Å². The Morgan fingerprint density at radius 1 is 1.20 bits per heavy atom. The zero-order valence-electron chi connectivity index (χ0n) is 14.4. The molecule has 1 saturated carbocycles. The summed E-state index contributed by atoms with van der Waals surface area (Å²) in [5.74, 6) is 1.97. The van der Waals surface area contributed by atoms with Crippen LogP contribution in [0.1, 0.15) is 32.1 Å². The standard InChI is InChI=1S/C19H25N3O3/c23-16-4-2-15(3-5-16)21-19-20-10-14-1-6-17(9-18(14)22-19)25-12-13-7-8-24-11-13/h1,6,9-10,13,15-16,23H,2-5,7-8,11-12H2,(H,20,21,22)/t13?,15-,16-. The molecular formula is C19H25N3O3. The fourth-order valence-electron chi connectivity index (χ4n) is 3.49. The number of ether oxygens (including phenoxy) is 2. The molecule has 134 valence electrons. The molecule has 1 aliphatic carbocycles. The Bertz CT molecular complexity index is 710. The van der Waals surface area contributed by atoms with E-state index >= 15 is 0 Å². The quantitative estimate of drug-likeness (QED) is 0.869. The molecule has 25 heavy (non-hydrogen) atoms. The maximum atomic E-state index is 9.61. The smallest absolute Gasteiger partial charge is 0.223 e. The summed E-state index contributed by atoms with van der Waals surface area (Å²) in [5, 5.41) is 14.0. The molecule has 2 fully saturated rings. The Kier molecular flexibility index (Phi) is 4.99. The number of rotatable bonds is 5. The van der Waals surface area contributed by atoms with Gasteiger partial charge in [0.15, 0.2) is 0 Å². The molecule has 0 bridgehead atoms. The molecule has 1 aliphatic heterocycles. The van der Waals surface area contributed by atoms with Crippen LogP contribution >= 0.6 is 0 Å². The first-order valence-electron chi connectivity index (χ1n) is 9.18. The Balaban J connectivity index is 1.42. The van der Waals surface area contributed by atoms with Gasteiger partial charge in [-0.2, -0.15) is 0 Å². The van der Waals surface area contributed by atoms with E-state index in [4.69, 9.17) is 9.47 Å². The van der Waals surface area contributed by atoms with E-state index in [-0.39, 0.29) is 6.10 Å². The highest BCUT2D eigenvalue weighted by Crippen LogP contribution is 2.24. The van der Waals surface area contributed by atoms with Crippen LogP contribution in [0.25, 0.3) is 10.9 Å². The monoisotopic (exact) mass is 343 g/mol.